The number of nitrogens with two attached hydrogens (primary N) is 1. The van der Waals surface area contributed by atoms with E-state index in [-0.39, 0.29) is 12.5 Å². The van der Waals surface area contributed by atoms with Crippen LogP contribution in [0.15, 0.2) is 48.5 Å². The van der Waals surface area contributed by atoms with Crippen LogP contribution in [0.3, 0.4) is 0 Å². The molecule has 1 atom stereocenters. The van der Waals surface area contributed by atoms with Gasteiger partial charge in [0.15, 0.2) is 0 Å². The predicted octanol–water partition coefficient (Wildman–Crippen LogP) is 2.91. The fraction of sp³-hybridized carbons (Fsp3) is 0.235. The zero-order valence-electron chi connectivity index (χ0n) is 12.0. The fourth-order valence-corrected chi connectivity index (χ4v) is 2.06. The Hall–Kier alpha value is -2.33. The molecule has 2 aromatic rings. The van der Waals surface area contributed by atoms with Gasteiger partial charge >= 0.3 is 5.97 Å². The van der Waals surface area contributed by atoms with Crippen LogP contribution in [-0.2, 0) is 17.8 Å². The molecule has 0 spiro atoms. The number of rotatable bonds is 6. The monoisotopic (exact) mass is 285 g/mol. The van der Waals surface area contributed by atoms with Gasteiger partial charge in [0, 0.05) is 6.04 Å². The predicted molar refractivity (Wildman–Crippen MR) is 81.2 cm³/mol. The van der Waals surface area contributed by atoms with Crippen LogP contribution in [0.25, 0.3) is 0 Å². The van der Waals surface area contributed by atoms with Crippen LogP contribution in [-0.4, -0.2) is 11.1 Å². The molecule has 0 amide bonds. The molecule has 0 aliphatic carbocycles. The van der Waals surface area contributed by atoms with Gasteiger partial charge in [-0.05, 0) is 35.7 Å². The summed E-state index contributed by atoms with van der Waals surface area (Å²) in [5, 5.41) is 8.91. The highest BCUT2D eigenvalue weighted by atomic mass is 16.5. The van der Waals surface area contributed by atoms with E-state index < -0.39 is 5.97 Å². The minimum absolute atomic E-state index is 0.00313. The first-order valence-electron chi connectivity index (χ1n) is 6.83. The topological polar surface area (TPSA) is 72.5 Å². The molecule has 0 bridgehead atoms. The summed E-state index contributed by atoms with van der Waals surface area (Å²) in [6.45, 7) is 2.28. The van der Waals surface area contributed by atoms with Crippen LogP contribution in [0.1, 0.15) is 29.7 Å². The lowest BCUT2D eigenvalue weighted by Crippen LogP contribution is -2.06. The van der Waals surface area contributed by atoms with E-state index in [1.807, 2.05) is 55.5 Å². The minimum Gasteiger partial charge on any atom is -0.489 e. The Morgan fingerprint density at radius 2 is 1.76 bits per heavy atom. The Labute approximate surface area is 124 Å². The Kier molecular flexibility index (Phi) is 4.95. The van der Waals surface area contributed by atoms with Crippen LogP contribution in [0.2, 0.25) is 0 Å². The van der Waals surface area contributed by atoms with E-state index in [1.165, 1.54) is 0 Å². The smallest absolute Gasteiger partial charge is 0.307 e. The average Bonchev–Trinajstić information content (AvgIpc) is 2.46. The van der Waals surface area contributed by atoms with Gasteiger partial charge in [-0.3, -0.25) is 4.79 Å². The molecule has 2 aromatic carbocycles. The second kappa shape index (κ2) is 6.90. The molecule has 0 heterocycles. The van der Waals surface area contributed by atoms with E-state index in [0.29, 0.717) is 6.61 Å². The highest BCUT2D eigenvalue weighted by molar-refractivity contribution is 5.70. The quantitative estimate of drug-likeness (QED) is 0.856. The zero-order valence-corrected chi connectivity index (χ0v) is 12.0. The summed E-state index contributed by atoms with van der Waals surface area (Å²) in [7, 11) is 0. The number of carbonyl (C=O) groups is 1. The van der Waals surface area contributed by atoms with Crippen molar-refractivity contribution < 1.29 is 14.6 Å². The van der Waals surface area contributed by atoms with Crippen molar-refractivity contribution in [3.63, 3.8) is 0 Å². The number of carboxylic acids is 1. The second-order valence-electron chi connectivity index (χ2n) is 4.99. The maximum atomic E-state index is 10.8. The van der Waals surface area contributed by atoms with Crippen LogP contribution < -0.4 is 10.5 Å². The van der Waals surface area contributed by atoms with Crippen LogP contribution in [0, 0.1) is 0 Å². The van der Waals surface area contributed by atoms with Gasteiger partial charge in [-0.25, -0.2) is 0 Å². The Morgan fingerprint density at radius 3 is 2.33 bits per heavy atom. The molecule has 2 rings (SSSR count). The van der Waals surface area contributed by atoms with Crippen molar-refractivity contribution in [1.82, 2.24) is 0 Å². The van der Waals surface area contributed by atoms with Crippen molar-refractivity contribution in [1.29, 1.82) is 0 Å². The van der Waals surface area contributed by atoms with Crippen molar-refractivity contribution in [2.24, 2.45) is 5.73 Å². The summed E-state index contributed by atoms with van der Waals surface area (Å²) in [6.07, 6.45) is 0.00313. The van der Waals surface area contributed by atoms with Gasteiger partial charge in [0.25, 0.3) is 0 Å². The van der Waals surface area contributed by atoms with Gasteiger partial charge in [-0.1, -0.05) is 36.4 Å². The van der Waals surface area contributed by atoms with Gasteiger partial charge in [-0.15, -0.1) is 0 Å². The van der Waals surface area contributed by atoms with E-state index in [0.717, 1.165) is 22.4 Å². The molecular weight excluding hydrogens is 266 g/mol. The van der Waals surface area contributed by atoms with E-state index in [2.05, 4.69) is 0 Å². The number of ether oxygens (including phenoxy) is 1. The maximum Gasteiger partial charge on any atom is 0.307 e. The molecule has 4 nitrogen and oxygen atoms in total. The van der Waals surface area contributed by atoms with Crippen LogP contribution in [0.4, 0.5) is 0 Å². The van der Waals surface area contributed by atoms with Gasteiger partial charge in [0.2, 0.25) is 0 Å². The van der Waals surface area contributed by atoms with Gasteiger partial charge in [-0.2, -0.15) is 0 Å². The van der Waals surface area contributed by atoms with E-state index >= 15 is 0 Å². The highest BCUT2D eigenvalue weighted by Crippen LogP contribution is 2.18. The van der Waals surface area contributed by atoms with Gasteiger partial charge < -0.3 is 15.6 Å². The molecule has 0 aliphatic rings. The van der Waals surface area contributed by atoms with Crippen molar-refractivity contribution >= 4 is 5.97 Å². The number of carboxylic acid groups (broad SMARTS) is 1. The van der Waals surface area contributed by atoms with Crippen LogP contribution >= 0.6 is 0 Å². The normalized spacial score (nSPS) is 11.9. The third kappa shape index (κ3) is 4.33. The summed E-state index contributed by atoms with van der Waals surface area (Å²) >= 11 is 0. The van der Waals surface area contributed by atoms with Crippen molar-refractivity contribution in [3.05, 3.63) is 65.2 Å². The minimum atomic E-state index is -0.844. The summed E-state index contributed by atoms with van der Waals surface area (Å²) in [4.78, 5) is 10.8. The van der Waals surface area contributed by atoms with Gasteiger partial charge in [0.05, 0.1) is 6.42 Å². The van der Waals surface area contributed by atoms with Gasteiger partial charge in [0.1, 0.15) is 12.4 Å². The standard InChI is InChI=1S/C17H19NO3/c1-12(18)13-6-8-16(9-7-13)21-11-15-5-3-2-4-14(15)10-17(19)20/h2-9,12H,10-11,18H2,1H3,(H,19,20)/t12-/m1/s1. The molecule has 0 aliphatic heterocycles. The molecular formula is C17H19NO3. The molecule has 0 radical (unpaired) electrons. The number of aliphatic carboxylic acids is 1. The summed E-state index contributed by atoms with van der Waals surface area (Å²) in [6, 6.07) is 15.0. The lowest BCUT2D eigenvalue weighted by molar-refractivity contribution is -0.136. The average molecular weight is 285 g/mol. The molecule has 0 aromatic heterocycles. The molecule has 21 heavy (non-hydrogen) atoms. The second-order valence-corrected chi connectivity index (χ2v) is 4.99. The Morgan fingerprint density at radius 1 is 1.14 bits per heavy atom. The third-order valence-corrected chi connectivity index (χ3v) is 3.26. The fourth-order valence-electron chi connectivity index (χ4n) is 2.06. The molecule has 4 heteroatoms. The van der Waals surface area contributed by atoms with Crippen molar-refractivity contribution in [2.45, 2.75) is 26.0 Å². The Balaban J connectivity index is 2.04. The highest BCUT2D eigenvalue weighted by Gasteiger charge is 2.07. The van der Waals surface area contributed by atoms with Crippen molar-refractivity contribution in [2.75, 3.05) is 0 Å². The number of hydrogen-bond acceptors (Lipinski definition) is 3. The lowest BCUT2D eigenvalue weighted by Gasteiger charge is -2.11. The number of benzene rings is 2. The molecule has 110 valence electrons. The number of hydrogen-bond donors (Lipinski definition) is 2. The zero-order chi connectivity index (χ0) is 15.2. The summed E-state index contributed by atoms with van der Waals surface area (Å²) in [5.74, 6) is -0.103. The molecule has 0 fully saturated rings. The molecule has 0 unspecified atom stereocenters. The Bertz CT molecular complexity index is 606. The molecule has 0 saturated heterocycles. The van der Waals surface area contributed by atoms with Crippen LogP contribution in [0.5, 0.6) is 5.75 Å². The van der Waals surface area contributed by atoms with E-state index in [4.69, 9.17) is 15.6 Å². The summed E-state index contributed by atoms with van der Waals surface area (Å²) in [5.41, 5.74) is 8.51. The lowest BCUT2D eigenvalue weighted by atomic mass is 10.1. The largest absolute Gasteiger partial charge is 0.489 e. The first-order chi connectivity index (χ1) is 10.1. The SMILES string of the molecule is C[C@@H](N)c1ccc(OCc2ccccc2CC(=O)O)cc1. The maximum absolute atomic E-state index is 10.8. The summed E-state index contributed by atoms with van der Waals surface area (Å²) < 4.78 is 5.72. The first-order valence-corrected chi connectivity index (χ1v) is 6.83. The first kappa shape index (κ1) is 15.1. The van der Waals surface area contributed by atoms with E-state index in [9.17, 15) is 4.79 Å². The third-order valence-electron chi connectivity index (χ3n) is 3.26. The molecule has 0 saturated carbocycles. The van der Waals surface area contributed by atoms with Crippen molar-refractivity contribution in [3.8, 4) is 5.75 Å². The molecule has 3 N–H and O–H groups in total. The van der Waals surface area contributed by atoms with E-state index in [1.54, 1.807) is 0 Å².